The van der Waals surface area contributed by atoms with Gasteiger partial charge < -0.3 is 14.9 Å². The molecule has 1 heterocycles. The van der Waals surface area contributed by atoms with Crippen LogP contribution >= 0.6 is 0 Å². The molecule has 64 valence electrons. The lowest BCUT2D eigenvalue weighted by Crippen LogP contribution is -2.15. The summed E-state index contributed by atoms with van der Waals surface area (Å²) < 4.78 is 4.41. The maximum absolute atomic E-state index is 10.8. The van der Waals surface area contributed by atoms with Crippen molar-refractivity contribution in [3.05, 3.63) is 12.5 Å². The quantitative estimate of drug-likeness (QED) is 0.627. The van der Waals surface area contributed by atoms with Gasteiger partial charge >= 0.3 is 5.97 Å². The van der Waals surface area contributed by atoms with Gasteiger partial charge in [0.2, 0.25) is 5.91 Å². The van der Waals surface area contributed by atoms with Crippen LogP contribution < -0.4 is 5.32 Å². The SMILES string of the molecule is O=C(O)CC(=O)Nc1cnoc1. The Kier molecular flexibility index (Phi) is 2.42. The predicted octanol–water partition coefficient (Wildman–Crippen LogP) is 0.0878. The number of carbonyl (C=O) groups excluding carboxylic acids is 1. The van der Waals surface area contributed by atoms with Gasteiger partial charge in [0.25, 0.3) is 0 Å². The molecule has 0 aliphatic carbocycles. The number of hydrogen-bond donors (Lipinski definition) is 2. The molecule has 0 aromatic carbocycles. The number of anilines is 1. The molecular weight excluding hydrogens is 164 g/mol. The Balaban J connectivity index is 2.42. The number of nitrogens with zero attached hydrogens (tertiary/aromatic N) is 1. The van der Waals surface area contributed by atoms with Crippen LogP contribution in [0.5, 0.6) is 0 Å². The van der Waals surface area contributed by atoms with E-state index in [9.17, 15) is 9.59 Å². The highest BCUT2D eigenvalue weighted by atomic mass is 16.5. The first-order valence-electron chi connectivity index (χ1n) is 3.09. The normalized spacial score (nSPS) is 9.33. The largest absolute Gasteiger partial charge is 0.481 e. The van der Waals surface area contributed by atoms with Gasteiger partial charge in [0.1, 0.15) is 18.4 Å². The van der Waals surface area contributed by atoms with E-state index in [1.54, 1.807) is 0 Å². The molecule has 0 aliphatic rings. The molecule has 0 saturated carbocycles. The molecule has 0 spiro atoms. The minimum absolute atomic E-state index is 0.348. The number of nitrogens with one attached hydrogen (secondary N) is 1. The van der Waals surface area contributed by atoms with Crippen LogP contribution in [0.1, 0.15) is 6.42 Å². The highest BCUT2D eigenvalue weighted by Gasteiger charge is 2.07. The lowest BCUT2D eigenvalue weighted by Gasteiger charge is -1.96. The smallest absolute Gasteiger partial charge is 0.312 e. The minimum Gasteiger partial charge on any atom is -0.481 e. The van der Waals surface area contributed by atoms with Gasteiger partial charge in [-0.2, -0.15) is 0 Å². The minimum atomic E-state index is -1.18. The summed E-state index contributed by atoms with van der Waals surface area (Å²) in [5.41, 5.74) is 0.348. The molecule has 12 heavy (non-hydrogen) atoms. The second kappa shape index (κ2) is 3.51. The van der Waals surface area contributed by atoms with Crippen molar-refractivity contribution in [2.45, 2.75) is 6.42 Å². The molecule has 0 aliphatic heterocycles. The first-order valence-corrected chi connectivity index (χ1v) is 3.09. The summed E-state index contributed by atoms with van der Waals surface area (Å²) in [6.07, 6.45) is 1.92. The molecule has 0 atom stereocenters. The van der Waals surface area contributed by atoms with Gasteiger partial charge in [-0.05, 0) is 0 Å². The van der Waals surface area contributed by atoms with Crippen molar-refractivity contribution in [3.63, 3.8) is 0 Å². The van der Waals surface area contributed by atoms with E-state index >= 15 is 0 Å². The van der Waals surface area contributed by atoms with E-state index in [1.807, 2.05) is 0 Å². The second-order valence-electron chi connectivity index (χ2n) is 2.03. The molecule has 2 N–H and O–H groups in total. The first-order chi connectivity index (χ1) is 5.68. The maximum atomic E-state index is 10.8. The molecule has 0 saturated heterocycles. The summed E-state index contributed by atoms with van der Waals surface area (Å²) in [4.78, 5) is 20.8. The van der Waals surface area contributed by atoms with Crippen molar-refractivity contribution in [1.29, 1.82) is 0 Å². The summed E-state index contributed by atoms with van der Waals surface area (Å²) in [7, 11) is 0. The topological polar surface area (TPSA) is 92.4 Å². The first kappa shape index (κ1) is 8.25. The predicted molar refractivity (Wildman–Crippen MR) is 37.4 cm³/mol. The molecule has 1 rings (SSSR count). The van der Waals surface area contributed by atoms with Crippen LogP contribution in [0.15, 0.2) is 17.0 Å². The number of amides is 1. The van der Waals surface area contributed by atoms with Crippen LogP contribution in [0.4, 0.5) is 5.69 Å². The fourth-order valence-corrected chi connectivity index (χ4v) is 0.609. The van der Waals surface area contributed by atoms with Crippen LogP contribution in [0, 0.1) is 0 Å². The number of aliphatic carboxylic acids is 1. The number of aromatic nitrogens is 1. The monoisotopic (exact) mass is 170 g/mol. The number of rotatable bonds is 3. The second-order valence-corrected chi connectivity index (χ2v) is 2.03. The summed E-state index contributed by atoms with van der Waals surface area (Å²) >= 11 is 0. The fraction of sp³-hybridized carbons (Fsp3) is 0.167. The van der Waals surface area contributed by atoms with Crippen LogP contribution in [0.25, 0.3) is 0 Å². The molecule has 6 nitrogen and oxygen atoms in total. The zero-order valence-electron chi connectivity index (χ0n) is 5.98. The Labute approximate surface area is 67.2 Å². The standard InChI is InChI=1S/C6H6N2O4/c9-5(1-6(10)11)8-4-2-7-12-3-4/h2-3H,1H2,(H,8,9)(H,10,11). The van der Waals surface area contributed by atoms with Gasteiger partial charge in [0.05, 0.1) is 6.20 Å². The van der Waals surface area contributed by atoms with Crippen molar-refractivity contribution >= 4 is 17.6 Å². The van der Waals surface area contributed by atoms with Gasteiger partial charge in [0, 0.05) is 0 Å². The molecule has 0 bridgehead atoms. The lowest BCUT2D eigenvalue weighted by atomic mass is 10.4. The van der Waals surface area contributed by atoms with Gasteiger partial charge in [0.15, 0.2) is 0 Å². The van der Waals surface area contributed by atoms with E-state index in [2.05, 4.69) is 15.0 Å². The summed E-state index contributed by atoms with van der Waals surface area (Å²) in [6.45, 7) is 0. The number of carboxylic acid groups (broad SMARTS) is 1. The van der Waals surface area contributed by atoms with Gasteiger partial charge in [-0.25, -0.2) is 0 Å². The Morgan fingerprint density at radius 2 is 2.42 bits per heavy atom. The third-order valence-electron chi connectivity index (χ3n) is 1.03. The van der Waals surface area contributed by atoms with E-state index in [0.717, 1.165) is 0 Å². The number of carbonyl (C=O) groups is 2. The van der Waals surface area contributed by atoms with Crippen molar-refractivity contribution in [2.24, 2.45) is 0 Å². The van der Waals surface area contributed by atoms with Crippen LogP contribution in [0.2, 0.25) is 0 Å². The lowest BCUT2D eigenvalue weighted by molar-refractivity contribution is -0.139. The molecular formula is C6H6N2O4. The average Bonchev–Trinajstić information content (AvgIpc) is 2.37. The highest BCUT2D eigenvalue weighted by Crippen LogP contribution is 2.03. The number of hydrogen-bond acceptors (Lipinski definition) is 4. The molecule has 0 radical (unpaired) electrons. The van der Waals surface area contributed by atoms with Gasteiger partial charge in [-0.1, -0.05) is 5.16 Å². The van der Waals surface area contributed by atoms with E-state index in [-0.39, 0.29) is 0 Å². The Morgan fingerprint density at radius 3 is 2.92 bits per heavy atom. The molecule has 0 unspecified atom stereocenters. The molecule has 6 heteroatoms. The maximum Gasteiger partial charge on any atom is 0.312 e. The van der Waals surface area contributed by atoms with Gasteiger partial charge in [-0.15, -0.1) is 0 Å². The van der Waals surface area contributed by atoms with Crippen molar-refractivity contribution in [3.8, 4) is 0 Å². The van der Waals surface area contributed by atoms with Gasteiger partial charge in [-0.3, -0.25) is 9.59 Å². The zero-order chi connectivity index (χ0) is 8.97. The molecule has 0 fully saturated rings. The number of carboxylic acids is 1. The molecule has 1 amide bonds. The average molecular weight is 170 g/mol. The zero-order valence-corrected chi connectivity index (χ0v) is 5.98. The Hall–Kier alpha value is -1.85. The van der Waals surface area contributed by atoms with E-state index in [0.29, 0.717) is 5.69 Å². The Bertz CT molecular complexity index is 280. The third-order valence-corrected chi connectivity index (χ3v) is 1.03. The molecule has 1 aromatic heterocycles. The summed E-state index contributed by atoms with van der Waals surface area (Å²) in [6, 6.07) is 0. The highest BCUT2D eigenvalue weighted by molar-refractivity contribution is 6.01. The van der Waals surface area contributed by atoms with Crippen LogP contribution in [0.3, 0.4) is 0 Å². The summed E-state index contributed by atoms with van der Waals surface area (Å²) in [5, 5.41) is 13.8. The Morgan fingerprint density at radius 1 is 1.67 bits per heavy atom. The van der Waals surface area contributed by atoms with E-state index < -0.39 is 18.3 Å². The molecule has 1 aromatic rings. The van der Waals surface area contributed by atoms with Crippen molar-refractivity contribution < 1.29 is 19.2 Å². The summed E-state index contributed by atoms with van der Waals surface area (Å²) in [5.74, 6) is -1.78. The van der Waals surface area contributed by atoms with E-state index in [4.69, 9.17) is 5.11 Å². The fourth-order valence-electron chi connectivity index (χ4n) is 0.609. The van der Waals surface area contributed by atoms with Crippen LogP contribution in [-0.2, 0) is 9.59 Å². The van der Waals surface area contributed by atoms with E-state index in [1.165, 1.54) is 12.5 Å². The van der Waals surface area contributed by atoms with Crippen LogP contribution in [-0.4, -0.2) is 22.1 Å². The van der Waals surface area contributed by atoms with Crippen molar-refractivity contribution in [1.82, 2.24) is 5.16 Å². The third kappa shape index (κ3) is 2.41. The van der Waals surface area contributed by atoms with Crippen molar-refractivity contribution in [2.75, 3.05) is 5.32 Å².